The monoisotopic (exact) mass is 193 g/mol. The molecule has 0 aliphatic rings. The van der Waals surface area contributed by atoms with Gasteiger partial charge in [-0.3, -0.25) is 0 Å². The quantitative estimate of drug-likeness (QED) is 0.789. The summed E-state index contributed by atoms with van der Waals surface area (Å²) in [6, 6.07) is 4.13. The molecule has 3 heteroatoms. The van der Waals surface area contributed by atoms with E-state index in [-0.39, 0.29) is 0 Å². The summed E-state index contributed by atoms with van der Waals surface area (Å²) < 4.78 is 0. The van der Waals surface area contributed by atoms with Crippen LogP contribution in [0.5, 0.6) is 0 Å². The van der Waals surface area contributed by atoms with Crippen molar-refractivity contribution in [3.05, 3.63) is 23.4 Å². The number of pyridine rings is 1. The first kappa shape index (κ1) is 11.0. The van der Waals surface area contributed by atoms with Crippen molar-refractivity contribution in [1.29, 1.82) is 0 Å². The van der Waals surface area contributed by atoms with Crippen molar-refractivity contribution >= 4 is 5.82 Å². The summed E-state index contributed by atoms with van der Waals surface area (Å²) >= 11 is 0. The Morgan fingerprint density at radius 1 is 1.36 bits per heavy atom. The van der Waals surface area contributed by atoms with Crippen LogP contribution >= 0.6 is 0 Å². The lowest BCUT2D eigenvalue weighted by molar-refractivity contribution is 0.903. The zero-order valence-corrected chi connectivity index (χ0v) is 9.25. The number of anilines is 1. The molecule has 0 saturated carbocycles. The predicted molar refractivity (Wildman–Crippen MR) is 60.5 cm³/mol. The van der Waals surface area contributed by atoms with E-state index in [1.165, 1.54) is 0 Å². The van der Waals surface area contributed by atoms with Crippen molar-refractivity contribution in [3.8, 4) is 0 Å². The van der Waals surface area contributed by atoms with Gasteiger partial charge in [0.1, 0.15) is 5.82 Å². The average Bonchev–Trinajstić information content (AvgIpc) is 2.27. The van der Waals surface area contributed by atoms with Crippen LogP contribution in [0.1, 0.15) is 25.1 Å². The molecule has 1 heterocycles. The molecule has 0 atom stereocenters. The van der Waals surface area contributed by atoms with Crippen molar-refractivity contribution in [2.45, 2.75) is 26.8 Å². The second-order valence-corrected chi connectivity index (χ2v) is 3.40. The van der Waals surface area contributed by atoms with Gasteiger partial charge < -0.3 is 10.6 Å². The molecule has 1 aromatic rings. The number of rotatable bonds is 4. The van der Waals surface area contributed by atoms with E-state index in [1.54, 1.807) is 0 Å². The second-order valence-electron chi connectivity index (χ2n) is 3.40. The van der Waals surface area contributed by atoms with Crippen molar-refractivity contribution in [2.24, 2.45) is 5.73 Å². The van der Waals surface area contributed by atoms with Gasteiger partial charge in [-0.2, -0.15) is 0 Å². The Kier molecular flexibility index (Phi) is 3.89. The normalized spacial score (nSPS) is 10.3. The Labute approximate surface area is 85.9 Å². The van der Waals surface area contributed by atoms with E-state index in [9.17, 15) is 0 Å². The highest BCUT2D eigenvalue weighted by Gasteiger charge is 2.03. The molecule has 0 unspecified atom stereocenters. The lowest BCUT2D eigenvalue weighted by Gasteiger charge is -2.17. The zero-order chi connectivity index (χ0) is 10.6. The fraction of sp³-hybridized carbons (Fsp3) is 0.545. The minimum atomic E-state index is 0.583. The maximum absolute atomic E-state index is 5.64. The molecule has 3 nitrogen and oxygen atoms in total. The largest absolute Gasteiger partial charge is 0.360 e. The fourth-order valence-corrected chi connectivity index (χ4v) is 1.29. The van der Waals surface area contributed by atoms with E-state index in [4.69, 9.17) is 5.73 Å². The number of nitrogens with zero attached hydrogens (tertiary/aromatic N) is 2. The minimum Gasteiger partial charge on any atom is -0.360 e. The summed E-state index contributed by atoms with van der Waals surface area (Å²) in [5.74, 6) is 1.02. The van der Waals surface area contributed by atoms with Crippen LogP contribution in [-0.4, -0.2) is 18.6 Å². The van der Waals surface area contributed by atoms with Gasteiger partial charge >= 0.3 is 0 Å². The average molecular weight is 193 g/mol. The highest BCUT2D eigenvalue weighted by molar-refractivity contribution is 5.41. The van der Waals surface area contributed by atoms with Gasteiger partial charge in [0.2, 0.25) is 0 Å². The molecule has 0 saturated heterocycles. The number of hydrogen-bond donors (Lipinski definition) is 1. The molecule has 1 rings (SSSR count). The van der Waals surface area contributed by atoms with Gasteiger partial charge in [0.25, 0.3) is 0 Å². The van der Waals surface area contributed by atoms with Crippen LogP contribution in [0.2, 0.25) is 0 Å². The molecule has 14 heavy (non-hydrogen) atoms. The van der Waals surface area contributed by atoms with Crippen LogP contribution in [0.15, 0.2) is 12.1 Å². The molecular weight excluding hydrogens is 174 g/mol. The summed E-state index contributed by atoms with van der Waals surface area (Å²) in [4.78, 5) is 6.66. The van der Waals surface area contributed by atoms with E-state index in [0.717, 1.165) is 30.0 Å². The number of hydrogen-bond acceptors (Lipinski definition) is 3. The van der Waals surface area contributed by atoms with Gasteiger partial charge in [0.05, 0.1) is 0 Å². The molecule has 0 aliphatic heterocycles. The highest BCUT2D eigenvalue weighted by atomic mass is 15.2. The Morgan fingerprint density at radius 2 is 2.07 bits per heavy atom. The molecule has 78 valence electrons. The molecule has 2 N–H and O–H groups in total. The molecule has 0 spiro atoms. The molecule has 0 radical (unpaired) electrons. The Morgan fingerprint density at radius 3 is 2.57 bits per heavy atom. The molecule has 0 aliphatic carbocycles. The lowest BCUT2D eigenvalue weighted by Crippen LogP contribution is -2.18. The minimum absolute atomic E-state index is 0.583. The van der Waals surface area contributed by atoms with Crippen LogP contribution in [0.3, 0.4) is 0 Å². The maximum Gasteiger partial charge on any atom is 0.128 e. The predicted octanol–water partition coefficient (Wildman–Crippen LogP) is 1.56. The van der Waals surface area contributed by atoms with Crippen LogP contribution < -0.4 is 10.6 Å². The second kappa shape index (κ2) is 4.96. The van der Waals surface area contributed by atoms with Crippen molar-refractivity contribution < 1.29 is 0 Å². The Hall–Kier alpha value is -1.09. The van der Waals surface area contributed by atoms with Gasteiger partial charge in [0, 0.05) is 25.8 Å². The molecule has 0 amide bonds. The van der Waals surface area contributed by atoms with Crippen molar-refractivity contribution in [3.63, 3.8) is 0 Å². The molecule has 0 fully saturated rings. The first-order valence-electron chi connectivity index (χ1n) is 5.12. The lowest BCUT2D eigenvalue weighted by atomic mass is 10.2. The van der Waals surface area contributed by atoms with Crippen LogP contribution in [0.4, 0.5) is 5.82 Å². The number of aryl methyl sites for hydroxylation is 1. The highest BCUT2D eigenvalue weighted by Crippen LogP contribution is 2.13. The maximum atomic E-state index is 5.64. The van der Waals surface area contributed by atoms with Crippen LogP contribution in [0, 0.1) is 0 Å². The first-order chi connectivity index (χ1) is 6.71. The topological polar surface area (TPSA) is 42.1 Å². The third kappa shape index (κ3) is 2.45. The summed E-state index contributed by atoms with van der Waals surface area (Å²) in [6.45, 7) is 5.77. The van der Waals surface area contributed by atoms with Gasteiger partial charge in [-0.05, 0) is 31.0 Å². The standard InChI is InChI=1S/C11H19N3/c1-4-10-6-9(8-12)7-11(13-10)14(3)5-2/h6-7H,4-5,8,12H2,1-3H3. The summed E-state index contributed by atoms with van der Waals surface area (Å²) in [6.07, 6.45) is 0.957. The summed E-state index contributed by atoms with van der Waals surface area (Å²) in [5, 5.41) is 0. The first-order valence-corrected chi connectivity index (χ1v) is 5.12. The summed E-state index contributed by atoms with van der Waals surface area (Å²) in [5.41, 5.74) is 7.91. The van der Waals surface area contributed by atoms with Crippen LogP contribution in [0.25, 0.3) is 0 Å². The van der Waals surface area contributed by atoms with E-state index in [0.29, 0.717) is 6.54 Å². The molecular formula is C11H19N3. The number of nitrogens with two attached hydrogens (primary N) is 1. The zero-order valence-electron chi connectivity index (χ0n) is 9.25. The van der Waals surface area contributed by atoms with E-state index in [1.807, 2.05) is 7.05 Å². The Balaban J connectivity index is 3.04. The SMILES string of the molecule is CCc1cc(CN)cc(N(C)CC)n1. The van der Waals surface area contributed by atoms with Crippen molar-refractivity contribution in [2.75, 3.05) is 18.5 Å². The smallest absolute Gasteiger partial charge is 0.128 e. The third-order valence-corrected chi connectivity index (χ3v) is 2.39. The van der Waals surface area contributed by atoms with Gasteiger partial charge in [-0.1, -0.05) is 6.92 Å². The van der Waals surface area contributed by atoms with E-state index < -0.39 is 0 Å². The van der Waals surface area contributed by atoms with Gasteiger partial charge in [0.15, 0.2) is 0 Å². The molecule has 1 aromatic heterocycles. The molecule has 0 aromatic carbocycles. The summed E-state index contributed by atoms with van der Waals surface area (Å²) in [7, 11) is 2.04. The van der Waals surface area contributed by atoms with Gasteiger partial charge in [-0.25, -0.2) is 4.98 Å². The van der Waals surface area contributed by atoms with E-state index >= 15 is 0 Å². The Bertz CT molecular complexity index is 274. The fourth-order valence-electron chi connectivity index (χ4n) is 1.29. The van der Waals surface area contributed by atoms with Gasteiger partial charge in [-0.15, -0.1) is 0 Å². The van der Waals surface area contributed by atoms with Crippen LogP contribution in [-0.2, 0) is 13.0 Å². The van der Waals surface area contributed by atoms with E-state index in [2.05, 4.69) is 35.9 Å². The third-order valence-electron chi connectivity index (χ3n) is 2.39. The number of aromatic nitrogens is 1. The molecule has 0 bridgehead atoms. The van der Waals surface area contributed by atoms with Crippen molar-refractivity contribution in [1.82, 2.24) is 4.98 Å².